The molecule has 0 aliphatic heterocycles. The van der Waals surface area contributed by atoms with Gasteiger partial charge in [-0.15, -0.1) is 0 Å². The first-order valence-electron chi connectivity index (χ1n) is 4.48. The van der Waals surface area contributed by atoms with Crippen LogP contribution in [-0.2, 0) is 6.54 Å². The quantitative estimate of drug-likeness (QED) is 0.791. The predicted octanol–water partition coefficient (Wildman–Crippen LogP) is 1.37. The summed E-state index contributed by atoms with van der Waals surface area (Å²) in [6, 6.07) is 5.92. The van der Waals surface area contributed by atoms with E-state index >= 15 is 0 Å². The minimum Gasteiger partial charge on any atom is -0.372 e. The van der Waals surface area contributed by atoms with Crippen LogP contribution in [0.15, 0.2) is 36.8 Å². The summed E-state index contributed by atoms with van der Waals surface area (Å²) in [7, 11) is 1.86. The molecule has 0 aliphatic carbocycles. The minimum atomic E-state index is 0.782. The van der Waals surface area contributed by atoms with Crippen molar-refractivity contribution in [3.63, 3.8) is 0 Å². The summed E-state index contributed by atoms with van der Waals surface area (Å²) in [5, 5.41) is 7.30. The maximum Gasteiger partial charge on any atom is 0.147 e. The van der Waals surface area contributed by atoms with Gasteiger partial charge in [0.2, 0.25) is 0 Å². The molecule has 2 rings (SSSR count). The van der Waals surface area contributed by atoms with Gasteiger partial charge in [0.05, 0.1) is 6.54 Å². The Morgan fingerprint density at radius 1 is 1.29 bits per heavy atom. The molecule has 4 heteroatoms. The molecule has 0 spiro atoms. The van der Waals surface area contributed by atoms with E-state index in [-0.39, 0.29) is 0 Å². The zero-order chi connectivity index (χ0) is 9.80. The normalized spacial score (nSPS) is 10.1. The number of nitrogens with zero attached hydrogens (tertiary/aromatic N) is 3. The third kappa shape index (κ3) is 1.90. The average Bonchev–Trinajstić information content (AvgIpc) is 2.67. The van der Waals surface area contributed by atoms with E-state index in [1.54, 1.807) is 12.4 Å². The van der Waals surface area contributed by atoms with E-state index < -0.39 is 0 Å². The van der Waals surface area contributed by atoms with Crippen LogP contribution in [0.2, 0.25) is 0 Å². The summed E-state index contributed by atoms with van der Waals surface area (Å²) in [6.45, 7) is 0.782. The van der Waals surface area contributed by atoms with E-state index in [2.05, 4.69) is 15.4 Å². The van der Waals surface area contributed by atoms with Crippen LogP contribution in [0.1, 0.15) is 5.56 Å². The Labute approximate surface area is 82.6 Å². The van der Waals surface area contributed by atoms with E-state index in [4.69, 9.17) is 0 Å². The van der Waals surface area contributed by atoms with E-state index in [1.165, 1.54) is 5.56 Å². The molecule has 2 heterocycles. The first kappa shape index (κ1) is 8.74. The zero-order valence-corrected chi connectivity index (χ0v) is 8.01. The van der Waals surface area contributed by atoms with Gasteiger partial charge >= 0.3 is 0 Å². The monoisotopic (exact) mass is 188 g/mol. The molecule has 0 atom stereocenters. The summed E-state index contributed by atoms with van der Waals surface area (Å²) in [5.74, 6) is 0.888. The lowest BCUT2D eigenvalue weighted by Gasteiger charge is -2.00. The standard InChI is InChI=1S/C10H12N4/c1-11-10-4-7-14(13-10)8-9-2-5-12-6-3-9/h2-7H,8H2,1H3,(H,11,13). The molecular formula is C10H12N4. The van der Waals surface area contributed by atoms with Crippen molar-refractivity contribution < 1.29 is 0 Å². The van der Waals surface area contributed by atoms with Gasteiger partial charge in [-0.2, -0.15) is 5.10 Å². The lowest BCUT2D eigenvalue weighted by atomic mass is 10.3. The largest absolute Gasteiger partial charge is 0.372 e. The molecule has 0 unspecified atom stereocenters. The molecule has 0 fully saturated rings. The highest BCUT2D eigenvalue weighted by atomic mass is 15.3. The summed E-state index contributed by atoms with van der Waals surface area (Å²) in [5.41, 5.74) is 1.20. The Morgan fingerprint density at radius 3 is 2.71 bits per heavy atom. The molecule has 2 aromatic heterocycles. The fraction of sp³-hybridized carbons (Fsp3) is 0.200. The minimum absolute atomic E-state index is 0.782. The topological polar surface area (TPSA) is 42.7 Å². The van der Waals surface area contributed by atoms with Gasteiger partial charge in [0.1, 0.15) is 5.82 Å². The highest BCUT2D eigenvalue weighted by molar-refractivity contribution is 5.30. The molecule has 0 bridgehead atoms. The predicted molar refractivity (Wildman–Crippen MR) is 55.1 cm³/mol. The maximum atomic E-state index is 4.31. The number of anilines is 1. The number of rotatable bonds is 3. The van der Waals surface area contributed by atoms with Gasteiger partial charge < -0.3 is 5.32 Å². The number of aromatic nitrogens is 3. The Bertz CT molecular complexity index is 394. The van der Waals surface area contributed by atoms with Crippen molar-refractivity contribution in [2.24, 2.45) is 0 Å². The smallest absolute Gasteiger partial charge is 0.147 e. The number of nitrogens with one attached hydrogen (secondary N) is 1. The maximum absolute atomic E-state index is 4.31. The van der Waals surface area contributed by atoms with Crippen LogP contribution < -0.4 is 5.32 Å². The van der Waals surface area contributed by atoms with Gasteiger partial charge in [-0.05, 0) is 17.7 Å². The van der Waals surface area contributed by atoms with Crippen LogP contribution in [0, 0.1) is 0 Å². The molecule has 0 saturated heterocycles. The lowest BCUT2D eigenvalue weighted by Crippen LogP contribution is -2.01. The number of hydrogen-bond donors (Lipinski definition) is 1. The second-order valence-corrected chi connectivity index (χ2v) is 3.00. The van der Waals surface area contributed by atoms with Gasteiger partial charge in [-0.25, -0.2) is 0 Å². The first-order valence-corrected chi connectivity index (χ1v) is 4.48. The van der Waals surface area contributed by atoms with Crippen molar-refractivity contribution in [3.05, 3.63) is 42.4 Å². The summed E-state index contributed by atoms with van der Waals surface area (Å²) in [4.78, 5) is 3.97. The third-order valence-corrected chi connectivity index (χ3v) is 1.99. The lowest BCUT2D eigenvalue weighted by molar-refractivity contribution is 0.688. The van der Waals surface area contributed by atoms with Crippen molar-refractivity contribution in [2.45, 2.75) is 6.54 Å². The molecule has 0 aliphatic rings. The van der Waals surface area contributed by atoms with Crippen LogP contribution in [0.3, 0.4) is 0 Å². The van der Waals surface area contributed by atoms with Crippen LogP contribution >= 0.6 is 0 Å². The van der Waals surface area contributed by atoms with Crippen LogP contribution in [0.25, 0.3) is 0 Å². The molecule has 72 valence electrons. The highest BCUT2D eigenvalue weighted by Crippen LogP contribution is 2.04. The zero-order valence-electron chi connectivity index (χ0n) is 8.01. The Hall–Kier alpha value is -1.84. The third-order valence-electron chi connectivity index (χ3n) is 1.99. The fourth-order valence-corrected chi connectivity index (χ4v) is 1.26. The van der Waals surface area contributed by atoms with E-state index in [0.717, 1.165) is 12.4 Å². The van der Waals surface area contributed by atoms with Gasteiger partial charge in [-0.1, -0.05) is 0 Å². The average molecular weight is 188 g/mol. The molecule has 0 saturated carbocycles. The van der Waals surface area contributed by atoms with Crippen molar-refractivity contribution in [1.29, 1.82) is 0 Å². The SMILES string of the molecule is CNc1ccn(Cc2ccncc2)n1. The number of pyridine rings is 1. The van der Waals surface area contributed by atoms with Gasteiger partial charge in [0, 0.05) is 31.7 Å². The van der Waals surface area contributed by atoms with Crippen LogP contribution in [0.5, 0.6) is 0 Å². The summed E-state index contributed by atoms with van der Waals surface area (Å²) < 4.78 is 1.89. The molecule has 0 radical (unpaired) electrons. The Balaban J connectivity index is 2.11. The summed E-state index contributed by atoms with van der Waals surface area (Å²) >= 11 is 0. The van der Waals surface area contributed by atoms with E-state index in [0.29, 0.717) is 0 Å². The van der Waals surface area contributed by atoms with Crippen molar-refractivity contribution in [1.82, 2.24) is 14.8 Å². The fourth-order valence-electron chi connectivity index (χ4n) is 1.26. The van der Waals surface area contributed by atoms with Crippen LogP contribution in [-0.4, -0.2) is 21.8 Å². The van der Waals surface area contributed by atoms with Gasteiger partial charge in [0.15, 0.2) is 0 Å². The Kier molecular flexibility index (Phi) is 2.44. The highest BCUT2D eigenvalue weighted by Gasteiger charge is 1.96. The second-order valence-electron chi connectivity index (χ2n) is 3.00. The van der Waals surface area contributed by atoms with E-state index in [1.807, 2.05) is 36.1 Å². The molecule has 1 N–H and O–H groups in total. The van der Waals surface area contributed by atoms with E-state index in [9.17, 15) is 0 Å². The van der Waals surface area contributed by atoms with Crippen LogP contribution in [0.4, 0.5) is 5.82 Å². The van der Waals surface area contributed by atoms with Crippen molar-refractivity contribution >= 4 is 5.82 Å². The molecule has 14 heavy (non-hydrogen) atoms. The number of hydrogen-bond acceptors (Lipinski definition) is 3. The second kappa shape index (κ2) is 3.91. The summed E-state index contributed by atoms with van der Waals surface area (Å²) in [6.07, 6.45) is 5.53. The molecule has 2 aromatic rings. The Morgan fingerprint density at radius 2 is 2.07 bits per heavy atom. The van der Waals surface area contributed by atoms with Gasteiger partial charge in [0.25, 0.3) is 0 Å². The van der Waals surface area contributed by atoms with Crippen molar-refractivity contribution in [3.8, 4) is 0 Å². The molecule has 4 nitrogen and oxygen atoms in total. The molecule has 0 amide bonds. The molecular weight excluding hydrogens is 176 g/mol. The van der Waals surface area contributed by atoms with Crippen molar-refractivity contribution in [2.75, 3.05) is 12.4 Å². The molecule has 0 aromatic carbocycles. The van der Waals surface area contributed by atoms with Gasteiger partial charge in [-0.3, -0.25) is 9.67 Å². The first-order chi connectivity index (χ1) is 6.88.